The Morgan fingerprint density at radius 2 is 1.70 bits per heavy atom. The molecule has 104 valence electrons. The van der Waals surface area contributed by atoms with Crippen LogP contribution in [0, 0.1) is 0 Å². The second-order valence-corrected chi connectivity index (χ2v) is 7.37. The lowest BCUT2D eigenvalue weighted by Crippen LogP contribution is -2.12. The minimum absolute atomic E-state index is 0.103. The summed E-state index contributed by atoms with van der Waals surface area (Å²) in [5.74, 6) is -0.947. The van der Waals surface area contributed by atoms with Crippen LogP contribution in [0.15, 0.2) is 28.1 Å². The van der Waals surface area contributed by atoms with Crippen LogP contribution < -0.4 is 0 Å². The van der Waals surface area contributed by atoms with Gasteiger partial charge in [-0.15, -0.1) is 22.7 Å². The number of rotatable bonds is 5. The first-order valence-corrected chi connectivity index (χ1v) is 7.96. The van der Waals surface area contributed by atoms with E-state index in [4.69, 9.17) is 4.74 Å². The van der Waals surface area contributed by atoms with Crippen molar-refractivity contribution in [2.24, 2.45) is 0 Å². The van der Waals surface area contributed by atoms with Gasteiger partial charge in [-0.3, -0.25) is 9.59 Å². The van der Waals surface area contributed by atoms with Crippen LogP contribution in [0.4, 0.5) is 0 Å². The van der Waals surface area contributed by atoms with Crippen molar-refractivity contribution >= 4 is 56.1 Å². The molecule has 2 aromatic rings. The van der Waals surface area contributed by atoms with Gasteiger partial charge in [-0.05, 0) is 47.1 Å². The third kappa shape index (κ3) is 3.62. The van der Waals surface area contributed by atoms with Crippen LogP contribution in [0.2, 0.25) is 0 Å². The molecule has 2 rings (SSSR count). The summed E-state index contributed by atoms with van der Waals surface area (Å²) in [6.07, 6.45) is 0. The highest BCUT2D eigenvalue weighted by Crippen LogP contribution is 2.23. The lowest BCUT2D eigenvalue weighted by atomic mass is 10.3. The van der Waals surface area contributed by atoms with E-state index in [1.165, 1.54) is 24.3 Å². The number of carbonyl (C=O) groups excluding carboxylic acids is 3. The topological polar surface area (TPSA) is 60.4 Å². The van der Waals surface area contributed by atoms with Crippen LogP contribution in [0.1, 0.15) is 35.9 Å². The van der Waals surface area contributed by atoms with E-state index in [0.29, 0.717) is 14.6 Å². The fourth-order valence-electron chi connectivity index (χ4n) is 1.37. The van der Waals surface area contributed by atoms with Gasteiger partial charge in [0.05, 0.1) is 13.5 Å². The van der Waals surface area contributed by atoms with E-state index in [-0.39, 0.29) is 18.2 Å². The average molecular weight is 373 g/mol. The minimum Gasteiger partial charge on any atom is -0.453 e. The fraction of sp³-hybridized carbons (Fsp3) is 0.154. The summed E-state index contributed by atoms with van der Waals surface area (Å²) in [5, 5.41) is 0. The number of ketones is 2. The molecule has 0 N–H and O–H groups in total. The van der Waals surface area contributed by atoms with Crippen LogP contribution in [-0.2, 0) is 4.74 Å². The van der Waals surface area contributed by atoms with Crippen molar-refractivity contribution in [3.63, 3.8) is 0 Å². The number of ether oxygens (including phenoxy) is 1. The second kappa shape index (κ2) is 6.43. The van der Waals surface area contributed by atoms with Crippen molar-refractivity contribution in [2.45, 2.75) is 6.92 Å². The normalized spacial score (nSPS) is 10.3. The SMILES string of the molecule is CC(=O)c1ccc(C(=O)OCC(=O)c2ccc(Br)s2)s1. The number of esters is 1. The van der Waals surface area contributed by atoms with Gasteiger partial charge in [0.15, 0.2) is 12.4 Å². The van der Waals surface area contributed by atoms with E-state index >= 15 is 0 Å². The molecule has 20 heavy (non-hydrogen) atoms. The Labute approximate surface area is 131 Å². The molecule has 0 fully saturated rings. The first-order chi connectivity index (χ1) is 9.47. The summed E-state index contributed by atoms with van der Waals surface area (Å²) < 4.78 is 5.79. The molecule has 0 aromatic carbocycles. The van der Waals surface area contributed by atoms with Gasteiger partial charge in [0.25, 0.3) is 0 Å². The third-order valence-electron chi connectivity index (χ3n) is 2.34. The Morgan fingerprint density at radius 3 is 2.25 bits per heavy atom. The molecule has 0 spiro atoms. The van der Waals surface area contributed by atoms with Crippen LogP contribution in [-0.4, -0.2) is 24.1 Å². The molecule has 0 aliphatic heterocycles. The zero-order chi connectivity index (χ0) is 14.7. The summed E-state index contributed by atoms with van der Waals surface area (Å²) in [4.78, 5) is 36.0. The molecule has 2 aromatic heterocycles. The van der Waals surface area contributed by atoms with Crippen LogP contribution in [0.5, 0.6) is 0 Å². The highest BCUT2D eigenvalue weighted by Gasteiger charge is 2.16. The predicted molar refractivity (Wildman–Crippen MR) is 81.0 cm³/mol. The molecule has 0 atom stereocenters. The van der Waals surface area contributed by atoms with Gasteiger partial charge < -0.3 is 4.74 Å². The minimum atomic E-state index is -0.591. The summed E-state index contributed by atoms with van der Waals surface area (Å²) in [7, 11) is 0. The largest absolute Gasteiger partial charge is 0.453 e. The predicted octanol–water partition coefficient (Wildman–Crippen LogP) is 3.81. The van der Waals surface area contributed by atoms with Crippen molar-refractivity contribution in [3.8, 4) is 0 Å². The Morgan fingerprint density at radius 1 is 1.05 bits per heavy atom. The molecular weight excluding hydrogens is 364 g/mol. The van der Waals surface area contributed by atoms with Gasteiger partial charge in [0, 0.05) is 0 Å². The van der Waals surface area contributed by atoms with Crippen LogP contribution in [0.3, 0.4) is 0 Å². The lowest BCUT2D eigenvalue weighted by Gasteiger charge is -2.00. The smallest absolute Gasteiger partial charge is 0.348 e. The molecule has 0 aliphatic carbocycles. The highest BCUT2D eigenvalue weighted by atomic mass is 79.9. The number of halogens is 1. The maximum atomic E-state index is 11.8. The van der Waals surface area contributed by atoms with Crippen molar-refractivity contribution in [1.82, 2.24) is 0 Å². The third-order valence-corrected chi connectivity index (χ3v) is 5.17. The van der Waals surface area contributed by atoms with Gasteiger partial charge in [-0.2, -0.15) is 0 Å². The van der Waals surface area contributed by atoms with Crippen molar-refractivity contribution in [3.05, 3.63) is 42.7 Å². The molecule has 2 heterocycles. The Balaban J connectivity index is 1.94. The zero-order valence-electron chi connectivity index (χ0n) is 10.3. The van der Waals surface area contributed by atoms with E-state index in [1.54, 1.807) is 18.2 Å². The first kappa shape index (κ1) is 15.1. The number of Topliss-reactive ketones (excluding diaryl/α,β-unsaturated/α-hetero) is 2. The van der Waals surface area contributed by atoms with Gasteiger partial charge >= 0.3 is 5.97 Å². The standard InChI is InChI=1S/C13H9BrO4S2/c1-7(15)9-2-3-11(19-9)13(17)18-6-8(16)10-4-5-12(14)20-10/h2-5H,6H2,1H3. The Bertz CT molecular complexity index is 671. The van der Waals surface area contributed by atoms with Gasteiger partial charge in [0.1, 0.15) is 4.88 Å². The number of thiophene rings is 2. The monoisotopic (exact) mass is 372 g/mol. The zero-order valence-corrected chi connectivity index (χ0v) is 13.6. The van der Waals surface area contributed by atoms with Crippen molar-refractivity contribution in [2.75, 3.05) is 6.61 Å². The van der Waals surface area contributed by atoms with Crippen molar-refractivity contribution in [1.29, 1.82) is 0 Å². The molecule has 0 bridgehead atoms. The summed E-state index contributed by atoms with van der Waals surface area (Å²) >= 11 is 5.61. The molecule has 0 amide bonds. The number of hydrogen-bond acceptors (Lipinski definition) is 6. The summed E-state index contributed by atoms with van der Waals surface area (Å²) in [6.45, 7) is 1.12. The van der Waals surface area contributed by atoms with Crippen LogP contribution in [0.25, 0.3) is 0 Å². The number of hydrogen-bond donors (Lipinski definition) is 0. The van der Waals surface area contributed by atoms with Gasteiger partial charge in [-0.1, -0.05) is 0 Å². The maximum Gasteiger partial charge on any atom is 0.348 e. The Hall–Kier alpha value is -1.31. The molecule has 0 saturated heterocycles. The summed E-state index contributed by atoms with van der Waals surface area (Å²) in [6, 6.07) is 6.53. The molecule has 0 radical (unpaired) electrons. The van der Waals surface area contributed by atoms with Gasteiger partial charge in [0.2, 0.25) is 5.78 Å². The number of carbonyl (C=O) groups is 3. The van der Waals surface area contributed by atoms with E-state index in [9.17, 15) is 14.4 Å². The summed E-state index contributed by atoms with van der Waals surface area (Å²) in [5.41, 5.74) is 0. The van der Waals surface area contributed by atoms with Gasteiger partial charge in [-0.25, -0.2) is 4.79 Å². The first-order valence-electron chi connectivity index (χ1n) is 5.54. The molecular formula is C13H9BrO4S2. The van der Waals surface area contributed by atoms with Crippen molar-refractivity contribution < 1.29 is 19.1 Å². The lowest BCUT2D eigenvalue weighted by molar-refractivity contribution is 0.0480. The van der Waals surface area contributed by atoms with E-state index < -0.39 is 5.97 Å². The quantitative estimate of drug-likeness (QED) is 0.591. The van der Waals surface area contributed by atoms with E-state index in [1.807, 2.05) is 0 Å². The molecule has 0 aliphatic rings. The highest BCUT2D eigenvalue weighted by molar-refractivity contribution is 9.11. The van der Waals surface area contributed by atoms with E-state index in [2.05, 4.69) is 15.9 Å². The molecule has 4 nitrogen and oxygen atoms in total. The fourth-order valence-corrected chi connectivity index (χ4v) is 3.48. The van der Waals surface area contributed by atoms with Crippen LogP contribution >= 0.6 is 38.6 Å². The molecule has 0 unspecified atom stereocenters. The second-order valence-electron chi connectivity index (χ2n) is 3.82. The van der Waals surface area contributed by atoms with E-state index in [0.717, 1.165) is 15.1 Å². The average Bonchev–Trinajstić information content (AvgIpc) is 3.04. The Kier molecular flexibility index (Phi) is 4.85. The maximum absolute atomic E-state index is 11.8. The molecule has 7 heteroatoms. The molecule has 0 saturated carbocycles.